The van der Waals surface area contributed by atoms with Crippen LogP contribution in [0.15, 0.2) is 30.7 Å². The number of hydrogen-bond acceptors (Lipinski definition) is 6. The molecule has 3 heterocycles. The van der Waals surface area contributed by atoms with Gasteiger partial charge in [0.15, 0.2) is 0 Å². The zero-order chi connectivity index (χ0) is 23.5. The van der Waals surface area contributed by atoms with Crippen LogP contribution < -0.4 is 10.1 Å². The van der Waals surface area contributed by atoms with Crippen LogP contribution >= 0.6 is 11.6 Å². The van der Waals surface area contributed by atoms with Gasteiger partial charge in [-0.2, -0.15) is 18.3 Å². The summed E-state index contributed by atoms with van der Waals surface area (Å²) in [6, 6.07) is 2.58. The van der Waals surface area contributed by atoms with E-state index in [-0.39, 0.29) is 29.7 Å². The highest BCUT2D eigenvalue weighted by Gasteiger charge is 2.40. The van der Waals surface area contributed by atoms with Gasteiger partial charge < -0.3 is 15.2 Å². The number of aliphatic hydroxyl groups excluding tert-OH is 1. The van der Waals surface area contributed by atoms with Gasteiger partial charge in [-0.05, 0) is 24.6 Å². The maximum absolute atomic E-state index is 13.0. The van der Waals surface area contributed by atoms with E-state index in [9.17, 15) is 22.4 Å². The lowest BCUT2D eigenvalue weighted by Crippen LogP contribution is -2.35. The quantitative estimate of drug-likeness (QED) is 0.486. The second-order valence-corrected chi connectivity index (χ2v) is 7.33. The van der Waals surface area contributed by atoms with Gasteiger partial charge in [0, 0.05) is 24.6 Å². The predicted octanol–water partition coefficient (Wildman–Crippen LogP) is 2.92. The number of alkyl halides is 4. The molecule has 13 heteroatoms. The van der Waals surface area contributed by atoms with E-state index in [2.05, 4.69) is 20.4 Å². The summed E-state index contributed by atoms with van der Waals surface area (Å²) in [7, 11) is 0. The van der Waals surface area contributed by atoms with E-state index >= 15 is 0 Å². The number of pyridine rings is 2. The molecule has 3 rings (SSSR count). The molecule has 0 spiro atoms. The first-order chi connectivity index (χ1) is 15.1. The Labute approximate surface area is 184 Å². The maximum Gasteiger partial charge on any atom is 0.423 e. The fourth-order valence-electron chi connectivity index (χ4n) is 2.68. The molecule has 0 bridgehead atoms. The number of rotatable bonds is 8. The van der Waals surface area contributed by atoms with Crippen LogP contribution in [0.5, 0.6) is 5.88 Å². The number of hydrogen-bond donors (Lipinski definition) is 2. The summed E-state index contributed by atoms with van der Waals surface area (Å²) >= 11 is 6.00. The number of fused-ring (bicyclic) bond motifs is 1. The lowest BCUT2D eigenvalue weighted by molar-refractivity contribution is -0.187. The van der Waals surface area contributed by atoms with Crippen LogP contribution in [0.25, 0.3) is 10.9 Å². The Bertz CT molecular complexity index is 1110. The molecule has 0 radical (unpaired) electrons. The van der Waals surface area contributed by atoms with Gasteiger partial charge in [0.1, 0.15) is 17.3 Å². The molecule has 32 heavy (non-hydrogen) atoms. The van der Waals surface area contributed by atoms with E-state index < -0.39 is 30.9 Å². The average Bonchev–Trinajstić information content (AvgIpc) is 3.14. The largest absolute Gasteiger partial charge is 0.473 e. The minimum absolute atomic E-state index is 0.0895. The number of halogens is 5. The molecular formula is C19H18ClF4N5O3. The predicted molar refractivity (Wildman–Crippen MR) is 106 cm³/mol. The number of aromatic nitrogens is 4. The Morgan fingerprint density at radius 2 is 2.12 bits per heavy atom. The second kappa shape index (κ2) is 9.65. The van der Waals surface area contributed by atoms with Crippen molar-refractivity contribution in [2.75, 3.05) is 13.2 Å². The molecule has 172 valence electrons. The van der Waals surface area contributed by atoms with Gasteiger partial charge >= 0.3 is 6.18 Å². The summed E-state index contributed by atoms with van der Waals surface area (Å²) in [6.45, 7) is 0.329. The van der Waals surface area contributed by atoms with Crippen molar-refractivity contribution < 1.29 is 32.2 Å². The van der Waals surface area contributed by atoms with E-state index in [1.54, 1.807) is 19.2 Å². The van der Waals surface area contributed by atoms with Gasteiger partial charge in [0.25, 0.3) is 5.91 Å². The molecule has 0 aromatic carbocycles. The fraction of sp³-hybridized carbons (Fsp3) is 0.368. The van der Waals surface area contributed by atoms with E-state index in [0.717, 1.165) is 0 Å². The lowest BCUT2D eigenvalue weighted by Gasteiger charge is -2.13. The van der Waals surface area contributed by atoms with Crippen molar-refractivity contribution in [3.05, 3.63) is 47.0 Å². The lowest BCUT2D eigenvalue weighted by atomic mass is 10.2. The molecule has 1 amide bonds. The van der Waals surface area contributed by atoms with Crippen molar-refractivity contribution in [3.8, 4) is 5.88 Å². The van der Waals surface area contributed by atoms with Crippen molar-refractivity contribution in [1.82, 2.24) is 25.1 Å². The molecular weight excluding hydrogens is 458 g/mol. The van der Waals surface area contributed by atoms with Crippen molar-refractivity contribution in [2.45, 2.75) is 31.9 Å². The van der Waals surface area contributed by atoms with Crippen LogP contribution in [0.4, 0.5) is 17.6 Å². The molecule has 3 aromatic rings. The summed E-state index contributed by atoms with van der Waals surface area (Å²) in [5.74, 6) is -0.790. The summed E-state index contributed by atoms with van der Waals surface area (Å²) in [5, 5.41) is 16.5. The van der Waals surface area contributed by atoms with Crippen LogP contribution in [0.3, 0.4) is 0 Å². The fourth-order valence-corrected chi connectivity index (χ4v) is 2.93. The minimum atomic E-state index is -5.03. The van der Waals surface area contributed by atoms with Crippen molar-refractivity contribution >= 4 is 28.4 Å². The van der Waals surface area contributed by atoms with Gasteiger partial charge in [0.05, 0.1) is 24.1 Å². The minimum Gasteiger partial charge on any atom is -0.473 e. The van der Waals surface area contributed by atoms with Crippen molar-refractivity contribution in [3.63, 3.8) is 0 Å². The Balaban J connectivity index is 1.75. The van der Waals surface area contributed by atoms with Gasteiger partial charge in [-0.15, -0.1) is 0 Å². The molecule has 2 N–H and O–H groups in total. The van der Waals surface area contributed by atoms with E-state index in [1.807, 2.05) is 0 Å². The van der Waals surface area contributed by atoms with E-state index in [0.29, 0.717) is 16.5 Å². The highest BCUT2D eigenvalue weighted by atomic mass is 35.5. The van der Waals surface area contributed by atoms with Crippen LogP contribution in [0.1, 0.15) is 23.0 Å². The summed E-state index contributed by atoms with van der Waals surface area (Å²) in [5.41, 5.74) is 1.18. The zero-order valence-corrected chi connectivity index (χ0v) is 17.4. The molecule has 0 aliphatic rings. The molecule has 0 fully saturated rings. The third kappa shape index (κ3) is 5.62. The van der Waals surface area contributed by atoms with Crippen LogP contribution in [0, 0.1) is 0 Å². The number of amides is 1. The molecule has 3 aromatic heterocycles. The average molecular weight is 476 g/mol. The molecule has 2 atom stereocenters. The number of carbonyl (C=O) groups is 1. The van der Waals surface area contributed by atoms with E-state index in [4.69, 9.17) is 21.4 Å². The number of nitrogens with zero attached hydrogens (tertiary/aromatic N) is 4. The normalized spacial score (nSPS) is 13.7. The Kier molecular flexibility index (Phi) is 7.14. The third-order valence-electron chi connectivity index (χ3n) is 4.28. The third-order valence-corrected chi connectivity index (χ3v) is 4.55. The number of aliphatic hydroxyl groups is 1. The summed E-state index contributed by atoms with van der Waals surface area (Å²) in [6.07, 6.45) is -3.85. The number of ether oxygens (including phenoxy) is 1. The van der Waals surface area contributed by atoms with Gasteiger partial charge in [-0.1, -0.05) is 11.6 Å². The Hall–Kier alpha value is -2.99. The monoisotopic (exact) mass is 475 g/mol. The van der Waals surface area contributed by atoms with Crippen LogP contribution in [0.2, 0.25) is 5.02 Å². The molecule has 0 aliphatic carbocycles. The number of nitrogens with one attached hydrogen (secondary N) is 1. The molecule has 0 saturated heterocycles. The van der Waals surface area contributed by atoms with Gasteiger partial charge in [-0.3, -0.25) is 14.5 Å². The summed E-state index contributed by atoms with van der Waals surface area (Å²) < 4.78 is 56.0. The smallest absolute Gasteiger partial charge is 0.423 e. The number of carbonyl (C=O) groups excluding carboxylic acids is 1. The maximum atomic E-state index is 13.0. The SMILES string of the molecule is CC(CO)NC(=O)c1nccc2nn(Cc3cnc(OC[C@H](F)C(F)(F)F)c(Cl)c3)cc12. The van der Waals surface area contributed by atoms with Crippen LogP contribution in [-0.2, 0) is 6.54 Å². The first kappa shape index (κ1) is 23.7. The highest BCUT2D eigenvalue weighted by Crippen LogP contribution is 2.27. The second-order valence-electron chi connectivity index (χ2n) is 6.93. The van der Waals surface area contributed by atoms with Gasteiger partial charge in [-0.25, -0.2) is 9.37 Å². The molecule has 0 aliphatic heterocycles. The first-order valence-corrected chi connectivity index (χ1v) is 9.68. The first-order valence-electron chi connectivity index (χ1n) is 9.30. The molecule has 8 nitrogen and oxygen atoms in total. The van der Waals surface area contributed by atoms with Crippen molar-refractivity contribution in [1.29, 1.82) is 0 Å². The zero-order valence-electron chi connectivity index (χ0n) is 16.6. The Morgan fingerprint density at radius 3 is 2.78 bits per heavy atom. The van der Waals surface area contributed by atoms with Crippen LogP contribution in [-0.4, -0.2) is 62.4 Å². The standard InChI is InChI=1S/C19H18ClF4N5O3/c1-10(8-30)27-17(31)16-12-7-29(28-14(12)2-3-25-16)6-11-4-13(20)18(26-5-11)32-9-15(21)19(22,23)24/h2-5,7,10,15,30H,6,8-9H2,1H3,(H,27,31)/t10?,15-/m0/s1. The highest BCUT2D eigenvalue weighted by molar-refractivity contribution is 6.31. The van der Waals surface area contributed by atoms with Gasteiger partial charge in [0.2, 0.25) is 12.1 Å². The van der Waals surface area contributed by atoms with E-state index in [1.165, 1.54) is 23.1 Å². The van der Waals surface area contributed by atoms with Crippen molar-refractivity contribution in [2.24, 2.45) is 0 Å². The topological polar surface area (TPSA) is 102 Å². The Morgan fingerprint density at radius 1 is 1.38 bits per heavy atom. The molecule has 1 unspecified atom stereocenters. The molecule has 0 saturated carbocycles. The summed E-state index contributed by atoms with van der Waals surface area (Å²) in [4.78, 5) is 20.3.